The van der Waals surface area contributed by atoms with Crippen molar-refractivity contribution in [1.29, 1.82) is 0 Å². The normalized spacial score (nSPS) is 17.6. The zero-order valence-corrected chi connectivity index (χ0v) is 12.2. The van der Waals surface area contributed by atoms with Crippen molar-refractivity contribution in [1.82, 2.24) is 5.32 Å². The van der Waals surface area contributed by atoms with Gasteiger partial charge in [0.05, 0.1) is 5.60 Å². The number of sulfonamides is 1. The van der Waals surface area contributed by atoms with Crippen molar-refractivity contribution in [2.75, 3.05) is 13.7 Å². The molecule has 0 unspecified atom stereocenters. The van der Waals surface area contributed by atoms with Gasteiger partial charge in [-0.2, -0.15) is 0 Å². The Morgan fingerprint density at radius 3 is 2.60 bits per heavy atom. The van der Waals surface area contributed by atoms with Crippen molar-refractivity contribution < 1.29 is 22.4 Å². The zero-order valence-electron chi connectivity index (χ0n) is 11.4. The van der Waals surface area contributed by atoms with Crippen LogP contribution in [-0.4, -0.2) is 33.6 Å². The van der Waals surface area contributed by atoms with E-state index in [4.69, 9.17) is 14.3 Å². The predicted molar refractivity (Wildman–Crippen MR) is 70.7 cm³/mol. The second-order valence-electron chi connectivity index (χ2n) is 5.00. The van der Waals surface area contributed by atoms with Crippen molar-refractivity contribution in [2.45, 2.75) is 36.7 Å². The average molecular weight is 302 g/mol. The molecule has 0 aliphatic heterocycles. The van der Waals surface area contributed by atoms with Gasteiger partial charge in [-0.15, -0.1) is 0 Å². The number of amides is 1. The molecule has 0 radical (unpaired) electrons. The summed E-state index contributed by atoms with van der Waals surface area (Å²) in [5.41, 5.74) is -0.305. The lowest BCUT2D eigenvalue weighted by Gasteiger charge is -2.40. The van der Waals surface area contributed by atoms with E-state index in [-0.39, 0.29) is 22.0 Å². The molecule has 3 N–H and O–H groups in total. The molecule has 112 valence electrons. The molecule has 0 bridgehead atoms. The summed E-state index contributed by atoms with van der Waals surface area (Å²) in [5, 5.41) is 7.72. The third-order valence-electron chi connectivity index (χ3n) is 3.67. The molecule has 0 atom stereocenters. The number of primary sulfonamides is 1. The van der Waals surface area contributed by atoms with E-state index in [2.05, 4.69) is 5.32 Å². The van der Waals surface area contributed by atoms with E-state index in [1.54, 1.807) is 7.11 Å². The Morgan fingerprint density at radius 1 is 1.55 bits per heavy atom. The molecular weight excluding hydrogens is 284 g/mol. The highest BCUT2D eigenvalue weighted by Crippen LogP contribution is 2.34. The van der Waals surface area contributed by atoms with Crippen molar-refractivity contribution in [3.05, 3.63) is 17.6 Å². The summed E-state index contributed by atoms with van der Waals surface area (Å²) in [6.45, 7) is 1.81. The van der Waals surface area contributed by atoms with Gasteiger partial charge in [-0.25, -0.2) is 13.6 Å². The van der Waals surface area contributed by atoms with Gasteiger partial charge in [-0.05, 0) is 26.2 Å². The SMILES string of the molecule is COC1(CNC(=O)c2cc(S(N)(=O)=O)c(C)o2)CCC1. The Hall–Kier alpha value is -1.38. The maximum Gasteiger partial charge on any atom is 0.287 e. The van der Waals surface area contributed by atoms with Gasteiger partial charge in [-0.3, -0.25) is 4.79 Å². The van der Waals surface area contributed by atoms with Gasteiger partial charge in [0.15, 0.2) is 5.76 Å². The number of furan rings is 1. The van der Waals surface area contributed by atoms with Crippen LogP contribution in [0.25, 0.3) is 0 Å². The smallest absolute Gasteiger partial charge is 0.287 e. The molecule has 1 aromatic rings. The molecule has 1 amide bonds. The molecule has 1 heterocycles. The fourth-order valence-electron chi connectivity index (χ4n) is 2.21. The van der Waals surface area contributed by atoms with Gasteiger partial charge < -0.3 is 14.5 Å². The Bertz CT molecular complexity index is 610. The highest BCUT2D eigenvalue weighted by Gasteiger charge is 2.37. The molecule has 1 aliphatic rings. The summed E-state index contributed by atoms with van der Waals surface area (Å²) >= 11 is 0. The van der Waals surface area contributed by atoms with Crippen molar-refractivity contribution in [3.63, 3.8) is 0 Å². The third-order valence-corrected chi connectivity index (χ3v) is 4.69. The lowest BCUT2D eigenvalue weighted by Crippen LogP contribution is -2.49. The first kappa shape index (κ1) is 15.0. The molecule has 0 saturated heterocycles. The van der Waals surface area contributed by atoms with E-state index in [1.165, 1.54) is 6.92 Å². The van der Waals surface area contributed by atoms with E-state index in [9.17, 15) is 13.2 Å². The lowest BCUT2D eigenvalue weighted by atomic mass is 9.80. The summed E-state index contributed by atoms with van der Waals surface area (Å²) in [6.07, 6.45) is 2.85. The fraction of sp³-hybridized carbons (Fsp3) is 0.583. The Kier molecular flexibility index (Phi) is 3.90. The first-order valence-electron chi connectivity index (χ1n) is 6.24. The average Bonchev–Trinajstić information content (AvgIpc) is 2.70. The summed E-state index contributed by atoms with van der Waals surface area (Å²) in [7, 11) is -2.27. The Morgan fingerprint density at radius 2 is 2.20 bits per heavy atom. The number of hydrogen-bond donors (Lipinski definition) is 2. The van der Waals surface area contributed by atoms with Crippen LogP contribution in [-0.2, 0) is 14.8 Å². The van der Waals surface area contributed by atoms with Crippen molar-refractivity contribution in [3.8, 4) is 0 Å². The van der Waals surface area contributed by atoms with Crippen LogP contribution in [0.1, 0.15) is 35.6 Å². The van der Waals surface area contributed by atoms with Crippen LogP contribution in [0, 0.1) is 6.92 Å². The van der Waals surface area contributed by atoms with Crippen molar-refractivity contribution >= 4 is 15.9 Å². The number of rotatable bonds is 5. The number of nitrogens with one attached hydrogen (secondary N) is 1. The maximum absolute atomic E-state index is 11.9. The number of methoxy groups -OCH3 is 1. The van der Waals surface area contributed by atoms with E-state index < -0.39 is 15.9 Å². The molecule has 8 heteroatoms. The van der Waals surface area contributed by atoms with Crippen LogP contribution in [0.3, 0.4) is 0 Å². The Labute approximate surface area is 117 Å². The molecule has 0 aromatic carbocycles. The summed E-state index contributed by atoms with van der Waals surface area (Å²) in [6, 6.07) is 1.14. The Balaban J connectivity index is 2.07. The van der Waals surface area contributed by atoms with E-state index in [0.29, 0.717) is 6.54 Å². The van der Waals surface area contributed by atoms with Gasteiger partial charge >= 0.3 is 0 Å². The van der Waals surface area contributed by atoms with E-state index in [1.807, 2.05) is 0 Å². The van der Waals surface area contributed by atoms with Gasteiger partial charge in [0.2, 0.25) is 10.0 Å². The molecule has 20 heavy (non-hydrogen) atoms. The van der Waals surface area contributed by atoms with E-state index in [0.717, 1.165) is 25.3 Å². The predicted octanol–water partition coefficient (Wildman–Crippen LogP) is 0.534. The number of nitrogens with two attached hydrogens (primary N) is 1. The first-order valence-corrected chi connectivity index (χ1v) is 7.79. The molecule has 1 aromatic heterocycles. The summed E-state index contributed by atoms with van der Waals surface area (Å²) in [5.74, 6) is -0.453. The molecule has 1 aliphatic carbocycles. The summed E-state index contributed by atoms with van der Waals surface area (Å²) < 4.78 is 33.1. The minimum atomic E-state index is -3.89. The molecular formula is C12H18N2O5S. The van der Waals surface area contributed by atoms with Crippen LogP contribution in [0.5, 0.6) is 0 Å². The largest absolute Gasteiger partial charge is 0.455 e. The quantitative estimate of drug-likeness (QED) is 0.824. The molecule has 1 fully saturated rings. The van der Waals surface area contributed by atoms with Crippen LogP contribution in [0.4, 0.5) is 0 Å². The van der Waals surface area contributed by atoms with Gasteiger partial charge in [-0.1, -0.05) is 0 Å². The van der Waals surface area contributed by atoms with Gasteiger partial charge in [0, 0.05) is 19.7 Å². The second kappa shape index (κ2) is 5.19. The summed E-state index contributed by atoms with van der Waals surface area (Å²) in [4.78, 5) is 11.8. The number of carbonyl (C=O) groups excluding carboxylic acids is 1. The fourth-order valence-corrected chi connectivity index (χ4v) is 2.93. The standard InChI is InChI=1S/C12H18N2O5S/c1-8-10(20(13,16)17)6-9(19-8)11(15)14-7-12(18-2)4-3-5-12/h6H,3-5,7H2,1-2H3,(H,14,15)(H2,13,16,17). The lowest BCUT2D eigenvalue weighted by molar-refractivity contribution is -0.0680. The monoisotopic (exact) mass is 302 g/mol. The van der Waals surface area contributed by atoms with Gasteiger partial charge in [0.25, 0.3) is 5.91 Å². The van der Waals surface area contributed by atoms with Gasteiger partial charge in [0.1, 0.15) is 10.7 Å². The minimum Gasteiger partial charge on any atom is -0.455 e. The highest BCUT2D eigenvalue weighted by atomic mass is 32.2. The maximum atomic E-state index is 11.9. The van der Waals surface area contributed by atoms with E-state index >= 15 is 0 Å². The third kappa shape index (κ3) is 2.87. The topological polar surface area (TPSA) is 112 Å². The zero-order chi connectivity index (χ0) is 15.0. The van der Waals surface area contributed by atoms with Crippen LogP contribution >= 0.6 is 0 Å². The number of carbonyl (C=O) groups is 1. The molecule has 7 nitrogen and oxygen atoms in total. The molecule has 2 rings (SSSR count). The number of ether oxygens (including phenoxy) is 1. The first-order chi connectivity index (χ1) is 9.27. The number of aryl methyl sites for hydroxylation is 1. The molecule has 0 spiro atoms. The number of hydrogen-bond acceptors (Lipinski definition) is 5. The van der Waals surface area contributed by atoms with Crippen molar-refractivity contribution in [2.24, 2.45) is 5.14 Å². The van der Waals surface area contributed by atoms with Crippen LogP contribution < -0.4 is 10.5 Å². The van der Waals surface area contributed by atoms with Crippen LogP contribution in [0.15, 0.2) is 15.4 Å². The second-order valence-corrected chi connectivity index (χ2v) is 6.53. The highest BCUT2D eigenvalue weighted by molar-refractivity contribution is 7.89. The minimum absolute atomic E-state index is 0.0721. The van der Waals surface area contributed by atoms with Crippen LogP contribution in [0.2, 0.25) is 0 Å². The molecule has 1 saturated carbocycles.